The fourth-order valence-corrected chi connectivity index (χ4v) is 2.24. The van der Waals surface area contributed by atoms with E-state index in [1.54, 1.807) is 11.8 Å². The van der Waals surface area contributed by atoms with Crippen LogP contribution in [-0.4, -0.2) is 46.7 Å². The van der Waals surface area contributed by atoms with Crippen LogP contribution in [0.3, 0.4) is 0 Å². The van der Waals surface area contributed by atoms with Gasteiger partial charge in [-0.3, -0.25) is 9.59 Å². The molecule has 1 aromatic rings. The van der Waals surface area contributed by atoms with Gasteiger partial charge in [-0.2, -0.15) is 0 Å². The van der Waals surface area contributed by atoms with Crippen molar-refractivity contribution in [1.82, 2.24) is 14.8 Å². The van der Waals surface area contributed by atoms with Gasteiger partial charge in [-0.25, -0.2) is 0 Å². The molecule has 0 saturated carbocycles. The van der Waals surface area contributed by atoms with Crippen LogP contribution in [0, 0.1) is 6.92 Å². The number of aromatic nitrogens is 1. The number of hydrogen-bond acceptors (Lipinski definition) is 4. The van der Waals surface area contributed by atoms with Crippen LogP contribution in [0.1, 0.15) is 12.1 Å². The van der Waals surface area contributed by atoms with Gasteiger partial charge >= 0.3 is 0 Å². The monoisotopic (exact) mass is 301 g/mol. The molecular weight excluding hydrogens is 282 g/mol. The van der Waals surface area contributed by atoms with Gasteiger partial charge in [0.2, 0.25) is 5.91 Å². The normalized spacial score (nSPS) is 15.3. The molecule has 1 aliphatic heterocycles. The number of halogens is 1. The largest absolute Gasteiger partial charge is 0.508 e. The first-order valence-corrected chi connectivity index (χ1v) is 6.47. The van der Waals surface area contributed by atoms with Crippen molar-refractivity contribution < 1.29 is 9.90 Å². The summed E-state index contributed by atoms with van der Waals surface area (Å²) >= 11 is 0. The van der Waals surface area contributed by atoms with E-state index in [2.05, 4.69) is 5.32 Å². The molecule has 6 nitrogen and oxygen atoms in total. The van der Waals surface area contributed by atoms with Crippen LogP contribution in [0.5, 0.6) is 5.75 Å². The van der Waals surface area contributed by atoms with Crippen molar-refractivity contribution in [2.75, 3.05) is 26.2 Å². The van der Waals surface area contributed by atoms with E-state index in [0.717, 1.165) is 32.1 Å². The zero-order chi connectivity index (χ0) is 13.8. The first kappa shape index (κ1) is 16.5. The third-order valence-corrected chi connectivity index (χ3v) is 3.31. The lowest BCUT2D eigenvalue weighted by Crippen LogP contribution is -2.38. The summed E-state index contributed by atoms with van der Waals surface area (Å²) in [5.74, 6) is -0.121. The summed E-state index contributed by atoms with van der Waals surface area (Å²) in [7, 11) is 0. The Kier molecular flexibility index (Phi) is 6.04. The highest BCUT2D eigenvalue weighted by molar-refractivity contribution is 5.85. The minimum atomic E-state index is -0.348. The number of amides is 1. The molecule has 0 unspecified atom stereocenters. The summed E-state index contributed by atoms with van der Waals surface area (Å²) < 4.78 is 1.39. The van der Waals surface area contributed by atoms with Crippen LogP contribution >= 0.6 is 12.4 Å². The van der Waals surface area contributed by atoms with Gasteiger partial charge in [0.1, 0.15) is 12.3 Å². The quantitative estimate of drug-likeness (QED) is 0.813. The molecule has 0 aromatic carbocycles. The van der Waals surface area contributed by atoms with Crippen LogP contribution < -0.4 is 10.9 Å². The SMILES string of the molecule is Cc1cc(O)cc(=O)n1CC(=O)N1CCCNCC1.Cl. The van der Waals surface area contributed by atoms with Gasteiger partial charge < -0.3 is 19.9 Å². The van der Waals surface area contributed by atoms with Crippen molar-refractivity contribution >= 4 is 18.3 Å². The molecule has 7 heteroatoms. The van der Waals surface area contributed by atoms with Gasteiger partial charge in [0.15, 0.2) is 0 Å². The Hall–Kier alpha value is -1.53. The molecule has 1 aliphatic rings. The van der Waals surface area contributed by atoms with Crippen molar-refractivity contribution in [2.24, 2.45) is 0 Å². The number of rotatable bonds is 2. The first-order valence-electron chi connectivity index (χ1n) is 6.47. The molecule has 2 heterocycles. The molecule has 2 rings (SSSR count). The third-order valence-electron chi connectivity index (χ3n) is 3.31. The zero-order valence-electron chi connectivity index (χ0n) is 11.5. The van der Waals surface area contributed by atoms with E-state index in [0.29, 0.717) is 12.2 Å². The Balaban J connectivity index is 0.00000200. The lowest BCUT2D eigenvalue weighted by molar-refractivity contribution is -0.131. The summed E-state index contributed by atoms with van der Waals surface area (Å²) in [6, 6.07) is 2.61. The number of carbonyl (C=O) groups is 1. The lowest BCUT2D eigenvalue weighted by Gasteiger charge is -2.21. The first-order chi connectivity index (χ1) is 9.08. The second kappa shape index (κ2) is 7.31. The van der Waals surface area contributed by atoms with Crippen LogP contribution in [0.15, 0.2) is 16.9 Å². The van der Waals surface area contributed by atoms with Crippen LogP contribution in [0.4, 0.5) is 0 Å². The second-order valence-electron chi connectivity index (χ2n) is 4.76. The third kappa shape index (κ3) is 3.98. The number of pyridine rings is 1. The maximum atomic E-state index is 12.2. The Bertz CT molecular complexity index is 522. The molecule has 1 amide bonds. The Morgan fingerprint density at radius 3 is 2.80 bits per heavy atom. The number of hydrogen-bond donors (Lipinski definition) is 2. The average Bonchev–Trinajstić information content (AvgIpc) is 2.62. The van der Waals surface area contributed by atoms with Crippen molar-refractivity contribution in [1.29, 1.82) is 0 Å². The standard InChI is InChI=1S/C13H19N3O3.ClH/c1-10-7-11(17)8-12(18)16(10)9-13(19)15-5-2-3-14-4-6-15;/h7-8,14,17H,2-6,9H2,1H3;1H. The zero-order valence-corrected chi connectivity index (χ0v) is 12.3. The average molecular weight is 302 g/mol. The summed E-state index contributed by atoms with van der Waals surface area (Å²) in [4.78, 5) is 25.7. The van der Waals surface area contributed by atoms with Crippen LogP contribution in [-0.2, 0) is 11.3 Å². The minimum absolute atomic E-state index is 0. The van der Waals surface area contributed by atoms with Gasteiger partial charge in [0.05, 0.1) is 0 Å². The van der Waals surface area contributed by atoms with Crippen molar-refractivity contribution in [3.63, 3.8) is 0 Å². The van der Waals surface area contributed by atoms with Gasteiger partial charge in [-0.15, -0.1) is 12.4 Å². The number of carbonyl (C=O) groups excluding carboxylic acids is 1. The number of aryl methyl sites for hydroxylation is 1. The van der Waals surface area contributed by atoms with E-state index in [1.165, 1.54) is 10.6 Å². The van der Waals surface area contributed by atoms with Crippen LogP contribution in [0.2, 0.25) is 0 Å². The Morgan fingerprint density at radius 1 is 1.35 bits per heavy atom. The summed E-state index contributed by atoms with van der Waals surface area (Å²) in [6.45, 7) is 4.84. The topological polar surface area (TPSA) is 74.6 Å². The highest BCUT2D eigenvalue weighted by Gasteiger charge is 2.16. The maximum Gasteiger partial charge on any atom is 0.254 e. The molecule has 1 aromatic heterocycles. The van der Waals surface area contributed by atoms with Gasteiger partial charge in [-0.05, 0) is 26.0 Å². The van der Waals surface area contributed by atoms with E-state index >= 15 is 0 Å². The number of nitrogens with one attached hydrogen (secondary N) is 1. The van der Waals surface area contributed by atoms with Gasteiger partial charge in [0, 0.05) is 31.4 Å². The molecular formula is C13H20ClN3O3. The molecule has 0 atom stereocenters. The van der Waals surface area contributed by atoms with Gasteiger partial charge in [0.25, 0.3) is 5.56 Å². The van der Waals surface area contributed by atoms with E-state index in [4.69, 9.17) is 0 Å². The molecule has 1 fully saturated rings. The molecule has 0 bridgehead atoms. The molecule has 0 spiro atoms. The fourth-order valence-electron chi connectivity index (χ4n) is 2.24. The molecule has 0 aliphatic carbocycles. The highest BCUT2D eigenvalue weighted by atomic mass is 35.5. The second-order valence-corrected chi connectivity index (χ2v) is 4.76. The Morgan fingerprint density at radius 2 is 2.10 bits per heavy atom. The highest BCUT2D eigenvalue weighted by Crippen LogP contribution is 2.07. The minimum Gasteiger partial charge on any atom is -0.508 e. The smallest absolute Gasteiger partial charge is 0.254 e. The summed E-state index contributed by atoms with van der Waals surface area (Å²) in [6.07, 6.45) is 0.926. The lowest BCUT2D eigenvalue weighted by atomic mass is 10.3. The molecule has 20 heavy (non-hydrogen) atoms. The van der Waals surface area contributed by atoms with Crippen molar-refractivity contribution in [3.05, 3.63) is 28.2 Å². The molecule has 1 saturated heterocycles. The maximum absolute atomic E-state index is 12.2. The molecule has 0 radical (unpaired) electrons. The Labute approximate surface area is 123 Å². The van der Waals surface area contributed by atoms with Crippen LogP contribution in [0.25, 0.3) is 0 Å². The van der Waals surface area contributed by atoms with E-state index in [1.807, 2.05) is 0 Å². The van der Waals surface area contributed by atoms with E-state index in [9.17, 15) is 14.7 Å². The number of nitrogens with zero attached hydrogens (tertiary/aromatic N) is 2. The number of aromatic hydroxyl groups is 1. The predicted octanol–water partition coefficient (Wildman–Crippen LogP) is 0.106. The van der Waals surface area contributed by atoms with Crippen molar-refractivity contribution in [3.8, 4) is 5.75 Å². The van der Waals surface area contributed by atoms with Crippen molar-refractivity contribution in [2.45, 2.75) is 19.9 Å². The summed E-state index contributed by atoms with van der Waals surface area (Å²) in [5.41, 5.74) is 0.241. The fraction of sp³-hybridized carbons (Fsp3) is 0.538. The van der Waals surface area contributed by atoms with Gasteiger partial charge in [-0.1, -0.05) is 0 Å². The molecule has 2 N–H and O–H groups in total. The summed E-state index contributed by atoms with van der Waals surface area (Å²) in [5, 5.41) is 12.6. The molecule has 112 valence electrons. The van der Waals surface area contributed by atoms with E-state index in [-0.39, 0.29) is 36.2 Å². The van der Waals surface area contributed by atoms with E-state index < -0.39 is 0 Å². The predicted molar refractivity (Wildman–Crippen MR) is 78.4 cm³/mol.